The Bertz CT molecular complexity index is 1110. The van der Waals surface area contributed by atoms with Crippen molar-refractivity contribution in [3.63, 3.8) is 0 Å². The molecule has 0 atom stereocenters. The second-order valence-corrected chi connectivity index (χ2v) is 5.63. The number of ether oxygens (including phenoxy) is 1. The molecular weight excluding hydrogens is 369 g/mol. The van der Waals surface area contributed by atoms with Gasteiger partial charge in [-0.05, 0) is 24.3 Å². The van der Waals surface area contributed by atoms with E-state index in [4.69, 9.17) is 4.74 Å². The van der Waals surface area contributed by atoms with Crippen molar-refractivity contribution in [2.45, 2.75) is 6.61 Å². The first kappa shape index (κ1) is 18.8. The number of nitro groups is 1. The van der Waals surface area contributed by atoms with E-state index in [1.807, 2.05) is 0 Å². The molecule has 2 N–H and O–H groups in total. The van der Waals surface area contributed by atoms with Crippen molar-refractivity contribution in [3.05, 3.63) is 91.8 Å². The molecule has 9 heteroatoms. The monoisotopic (exact) mass is 383 g/mol. The number of halogens is 1. The van der Waals surface area contributed by atoms with Crippen LogP contribution in [0.1, 0.15) is 17.0 Å². The van der Waals surface area contributed by atoms with Gasteiger partial charge in [0.05, 0.1) is 4.92 Å². The molecule has 3 rings (SSSR count). The van der Waals surface area contributed by atoms with E-state index in [-0.39, 0.29) is 18.2 Å². The van der Waals surface area contributed by atoms with Crippen LogP contribution in [0.25, 0.3) is 12.2 Å². The van der Waals surface area contributed by atoms with Crippen molar-refractivity contribution < 1.29 is 19.2 Å². The fourth-order valence-corrected chi connectivity index (χ4v) is 2.40. The highest BCUT2D eigenvalue weighted by molar-refractivity contribution is 5.70. The first-order valence-electron chi connectivity index (χ1n) is 8.06. The zero-order valence-corrected chi connectivity index (χ0v) is 14.3. The molecule has 0 saturated heterocycles. The second-order valence-electron chi connectivity index (χ2n) is 5.63. The predicted molar refractivity (Wildman–Crippen MR) is 99.3 cm³/mol. The second kappa shape index (κ2) is 8.12. The lowest BCUT2D eigenvalue weighted by Gasteiger charge is -2.09. The molecule has 0 saturated carbocycles. The van der Waals surface area contributed by atoms with E-state index >= 15 is 0 Å². The minimum atomic E-state index is -1.07. The quantitative estimate of drug-likeness (QED) is 0.498. The van der Waals surface area contributed by atoms with Crippen LogP contribution in [0.5, 0.6) is 11.6 Å². The summed E-state index contributed by atoms with van der Waals surface area (Å²) < 4.78 is 19.4. The highest BCUT2D eigenvalue weighted by Crippen LogP contribution is 2.23. The summed E-state index contributed by atoms with van der Waals surface area (Å²) >= 11 is 0. The molecule has 1 aromatic heterocycles. The van der Waals surface area contributed by atoms with Crippen LogP contribution in [0.15, 0.2) is 53.3 Å². The summed E-state index contributed by atoms with van der Waals surface area (Å²) in [4.78, 5) is 27.2. The number of aromatic hydroxyl groups is 1. The topological polar surface area (TPSA) is 118 Å². The van der Waals surface area contributed by atoms with Gasteiger partial charge in [-0.25, -0.2) is 4.39 Å². The number of benzene rings is 2. The molecule has 0 spiro atoms. The summed E-state index contributed by atoms with van der Waals surface area (Å²) in [6.07, 6.45) is 2.90. The molecule has 0 aliphatic carbocycles. The van der Waals surface area contributed by atoms with E-state index in [0.717, 1.165) is 0 Å². The molecular formula is C19H14FN3O5. The lowest BCUT2D eigenvalue weighted by atomic mass is 10.2. The lowest BCUT2D eigenvalue weighted by Crippen LogP contribution is -2.14. The van der Waals surface area contributed by atoms with Gasteiger partial charge in [0.15, 0.2) is 0 Å². The Hall–Kier alpha value is -4.01. The average molecular weight is 383 g/mol. The van der Waals surface area contributed by atoms with Crippen LogP contribution in [0.2, 0.25) is 0 Å². The number of nitrogens with zero attached hydrogens (tertiary/aromatic N) is 2. The van der Waals surface area contributed by atoms with Gasteiger partial charge >= 0.3 is 11.2 Å². The Kier molecular flexibility index (Phi) is 5.45. The molecule has 2 aromatic carbocycles. The summed E-state index contributed by atoms with van der Waals surface area (Å²) in [5.74, 6) is -0.969. The van der Waals surface area contributed by atoms with Gasteiger partial charge in [-0.15, -0.1) is 0 Å². The molecule has 0 unspecified atom stereocenters. The summed E-state index contributed by atoms with van der Waals surface area (Å²) in [7, 11) is 0. The third kappa shape index (κ3) is 4.21. The van der Waals surface area contributed by atoms with Crippen molar-refractivity contribution >= 4 is 17.8 Å². The minimum absolute atomic E-state index is 0.0188. The Morgan fingerprint density at radius 1 is 1.18 bits per heavy atom. The molecule has 0 fully saturated rings. The summed E-state index contributed by atoms with van der Waals surface area (Å²) in [6.45, 7) is 0.0188. The minimum Gasteiger partial charge on any atom is -0.488 e. The van der Waals surface area contributed by atoms with Crippen molar-refractivity contribution in [1.29, 1.82) is 0 Å². The van der Waals surface area contributed by atoms with E-state index in [0.29, 0.717) is 16.9 Å². The summed E-state index contributed by atoms with van der Waals surface area (Å²) in [6, 6.07) is 13.1. The standard InChI is InChI=1S/C19H14FN3O5/c20-14-7-3-1-6-13(14)11-28-15-8-4-2-5-12(15)9-10-16-21-18(24)17(23(26)27)19(25)22-16/h1-10H,11H2,(H2,21,22,24,25)/b10-9-. The summed E-state index contributed by atoms with van der Waals surface area (Å²) in [5, 5.41) is 20.3. The number of hydrogen-bond donors (Lipinski definition) is 2. The third-order valence-electron chi connectivity index (χ3n) is 3.76. The average Bonchev–Trinajstić information content (AvgIpc) is 2.65. The molecule has 0 bridgehead atoms. The van der Waals surface area contributed by atoms with Crippen LogP contribution in [0.3, 0.4) is 0 Å². The summed E-state index contributed by atoms with van der Waals surface area (Å²) in [5.41, 5.74) is -1.10. The van der Waals surface area contributed by atoms with Gasteiger partial charge < -0.3 is 14.8 Å². The SMILES string of the molecule is O=c1[nH]c(/C=C\c2ccccc2OCc2ccccc2F)nc(O)c1[N+](=O)[O-]. The molecule has 3 aromatic rings. The molecule has 1 heterocycles. The van der Waals surface area contributed by atoms with E-state index in [1.165, 1.54) is 12.1 Å². The maximum absolute atomic E-state index is 13.7. The van der Waals surface area contributed by atoms with Crippen LogP contribution in [0.4, 0.5) is 10.1 Å². The Morgan fingerprint density at radius 3 is 2.61 bits per heavy atom. The molecule has 0 amide bonds. The number of para-hydroxylation sites is 1. The normalized spacial score (nSPS) is 10.9. The van der Waals surface area contributed by atoms with Crippen LogP contribution in [0, 0.1) is 15.9 Å². The maximum Gasteiger partial charge on any atom is 0.395 e. The number of aromatic amines is 1. The third-order valence-corrected chi connectivity index (χ3v) is 3.76. The number of rotatable bonds is 6. The zero-order valence-electron chi connectivity index (χ0n) is 14.3. The largest absolute Gasteiger partial charge is 0.488 e. The van der Waals surface area contributed by atoms with Gasteiger partial charge in [0.1, 0.15) is 24.0 Å². The molecule has 0 aliphatic heterocycles. The number of H-pyrrole nitrogens is 1. The van der Waals surface area contributed by atoms with Crippen LogP contribution in [-0.4, -0.2) is 20.0 Å². The Morgan fingerprint density at radius 2 is 1.89 bits per heavy atom. The van der Waals surface area contributed by atoms with Gasteiger partial charge in [-0.2, -0.15) is 4.98 Å². The van der Waals surface area contributed by atoms with Crippen molar-refractivity contribution in [2.75, 3.05) is 0 Å². The van der Waals surface area contributed by atoms with Gasteiger partial charge in [-0.1, -0.05) is 36.4 Å². The highest BCUT2D eigenvalue weighted by Gasteiger charge is 2.21. The van der Waals surface area contributed by atoms with Crippen molar-refractivity contribution in [1.82, 2.24) is 9.97 Å². The van der Waals surface area contributed by atoms with Gasteiger partial charge in [-0.3, -0.25) is 14.9 Å². The van der Waals surface area contributed by atoms with E-state index < -0.39 is 22.0 Å². The number of aromatic nitrogens is 2. The molecule has 8 nitrogen and oxygen atoms in total. The molecule has 0 radical (unpaired) electrons. The van der Waals surface area contributed by atoms with Gasteiger partial charge in [0, 0.05) is 11.1 Å². The van der Waals surface area contributed by atoms with Crippen LogP contribution in [-0.2, 0) is 6.61 Å². The first-order valence-corrected chi connectivity index (χ1v) is 8.06. The highest BCUT2D eigenvalue weighted by atomic mass is 19.1. The van der Waals surface area contributed by atoms with E-state index in [1.54, 1.807) is 48.5 Å². The van der Waals surface area contributed by atoms with Gasteiger partial charge in [0.2, 0.25) is 0 Å². The molecule has 142 valence electrons. The fourth-order valence-electron chi connectivity index (χ4n) is 2.40. The van der Waals surface area contributed by atoms with E-state index in [9.17, 15) is 24.4 Å². The molecule has 0 aliphatic rings. The smallest absolute Gasteiger partial charge is 0.395 e. The van der Waals surface area contributed by atoms with Crippen LogP contribution < -0.4 is 10.3 Å². The van der Waals surface area contributed by atoms with Crippen molar-refractivity contribution in [2.24, 2.45) is 0 Å². The zero-order chi connectivity index (χ0) is 20.1. The Labute approximate surface area is 157 Å². The van der Waals surface area contributed by atoms with E-state index in [2.05, 4.69) is 9.97 Å². The first-order chi connectivity index (χ1) is 13.5. The van der Waals surface area contributed by atoms with Gasteiger partial charge in [0.25, 0.3) is 5.88 Å². The number of hydrogen-bond acceptors (Lipinski definition) is 6. The fraction of sp³-hybridized carbons (Fsp3) is 0.0526. The number of nitrogens with one attached hydrogen (secondary N) is 1. The predicted octanol–water partition coefficient (Wildman–Crippen LogP) is 3.27. The Balaban J connectivity index is 1.83. The maximum atomic E-state index is 13.7. The lowest BCUT2D eigenvalue weighted by molar-refractivity contribution is -0.387. The van der Waals surface area contributed by atoms with Crippen molar-refractivity contribution in [3.8, 4) is 11.6 Å². The van der Waals surface area contributed by atoms with Crippen LogP contribution >= 0.6 is 0 Å². The molecule has 28 heavy (non-hydrogen) atoms.